The van der Waals surface area contributed by atoms with Crippen molar-refractivity contribution in [2.24, 2.45) is 5.73 Å². The van der Waals surface area contributed by atoms with E-state index in [0.717, 1.165) is 0 Å². The number of sulfonamides is 1. The van der Waals surface area contributed by atoms with Crippen molar-refractivity contribution in [3.63, 3.8) is 0 Å². The molecule has 2 rings (SSSR count). The molecule has 0 fully saturated rings. The number of hydrogen-bond acceptors (Lipinski definition) is 5. The van der Waals surface area contributed by atoms with Crippen LogP contribution < -0.4 is 10.5 Å². The van der Waals surface area contributed by atoms with Gasteiger partial charge in [0.05, 0.1) is 30.7 Å². The molecule has 0 saturated heterocycles. The Bertz CT molecular complexity index is 674. The van der Waals surface area contributed by atoms with Gasteiger partial charge >= 0.3 is 0 Å². The smallest absolute Gasteiger partial charge is 0.244 e. The van der Waals surface area contributed by atoms with Gasteiger partial charge in [-0.15, -0.1) is 0 Å². The monoisotopic (exact) mass is 298 g/mol. The summed E-state index contributed by atoms with van der Waals surface area (Å²) in [6.45, 7) is 4.39. The van der Waals surface area contributed by atoms with Gasteiger partial charge in [0, 0.05) is 6.54 Å². The quantitative estimate of drug-likeness (QED) is 0.809. The zero-order valence-electron chi connectivity index (χ0n) is 11.5. The van der Waals surface area contributed by atoms with Gasteiger partial charge in [-0.1, -0.05) is 0 Å². The number of nitrogens with one attached hydrogen (secondary N) is 1. The highest BCUT2D eigenvalue weighted by molar-refractivity contribution is 7.89. The molecule has 3 N–H and O–H groups in total. The molecule has 20 heavy (non-hydrogen) atoms. The summed E-state index contributed by atoms with van der Waals surface area (Å²) in [5.74, 6) is 0.554. The van der Waals surface area contributed by atoms with Crippen molar-refractivity contribution >= 4 is 10.0 Å². The first-order valence-corrected chi connectivity index (χ1v) is 7.70. The van der Waals surface area contributed by atoms with Crippen LogP contribution in [0.25, 0.3) is 0 Å². The van der Waals surface area contributed by atoms with Gasteiger partial charge in [0.2, 0.25) is 10.0 Å². The molecule has 0 unspecified atom stereocenters. The molecule has 0 radical (unpaired) electrons. The van der Waals surface area contributed by atoms with Crippen molar-refractivity contribution in [2.75, 3.05) is 6.54 Å². The third kappa shape index (κ3) is 2.92. The van der Waals surface area contributed by atoms with Gasteiger partial charge in [-0.2, -0.15) is 5.10 Å². The maximum Gasteiger partial charge on any atom is 0.244 e. The first-order chi connectivity index (χ1) is 9.45. The van der Waals surface area contributed by atoms with Crippen LogP contribution in [0.5, 0.6) is 0 Å². The molecule has 0 spiro atoms. The maximum atomic E-state index is 12.3. The van der Waals surface area contributed by atoms with Gasteiger partial charge in [0.15, 0.2) is 0 Å². The number of furan rings is 1. The van der Waals surface area contributed by atoms with Gasteiger partial charge in [0.1, 0.15) is 10.7 Å². The van der Waals surface area contributed by atoms with E-state index in [4.69, 9.17) is 10.2 Å². The van der Waals surface area contributed by atoms with E-state index in [1.807, 2.05) is 0 Å². The van der Waals surface area contributed by atoms with Gasteiger partial charge in [0.25, 0.3) is 0 Å². The SMILES string of the molecule is Cc1nn(CCN)c(C)c1S(=O)(=O)NCc1ccco1. The molecule has 0 atom stereocenters. The van der Waals surface area contributed by atoms with Crippen molar-refractivity contribution in [2.45, 2.75) is 31.8 Å². The molecule has 0 aliphatic heterocycles. The predicted octanol–water partition coefficient (Wildman–Crippen LogP) is 0.530. The first kappa shape index (κ1) is 14.8. The highest BCUT2D eigenvalue weighted by atomic mass is 32.2. The lowest BCUT2D eigenvalue weighted by Gasteiger charge is -2.06. The number of nitrogens with zero attached hydrogens (tertiary/aromatic N) is 2. The van der Waals surface area contributed by atoms with E-state index in [-0.39, 0.29) is 11.4 Å². The van der Waals surface area contributed by atoms with Crippen LogP contribution in [0.2, 0.25) is 0 Å². The van der Waals surface area contributed by atoms with E-state index < -0.39 is 10.0 Å². The number of nitrogens with two attached hydrogens (primary N) is 1. The Morgan fingerprint density at radius 1 is 1.45 bits per heavy atom. The Balaban J connectivity index is 2.25. The fourth-order valence-electron chi connectivity index (χ4n) is 2.06. The summed E-state index contributed by atoms with van der Waals surface area (Å²) < 4.78 is 33.9. The number of rotatable bonds is 6. The van der Waals surface area contributed by atoms with E-state index in [1.54, 1.807) is 30.7 Å². The Hall–Kier alpha value is -1.64. The second kappa shape index (κ2) is 5.78. The Kier molecular flexibility index (Phi) is 4.26. The van der Waals surface area contributed by atoms with Gasteiger partial charge in [-0.25, -0.2) is 13.1 Å². The van der Waals surface area contributed by atoms with E-state index in [2.05, 4.69) is 9.82 Å². The maximum absolute atomic E-state index is 12.3. The lowest BCUT2D eigenvalue weighted by atomic mass is 10.4. The van der Waals surface area contributed by atoms with Gasteiger partial charge in [-0.05, 0) is 26.0 Å². The fraction of sp³-hybridized carbons (Fsp3) is 0.417. The lowest BCUT2D eigenvalue weighted by molar-refractivity contribution is 0.498. The zero-order chi connectivity index (χ0) is 14.8. The van der Waals surface area contributed by atoms with Crippen LogP contribution >= 0.6 is 0 Å². The zero-order valence-corrected chi connectivity index (χ0v) is 12.3. The minimum absolute atomic E-state index is 0.107. The second-order valence-corrected chi connectivity index (χ2v) is 6.12. The van der Waals surface area contributed by atoms with Crippen molar-refractivity contribution in [1.29, 1.82) is 0 Å². The molecule has 0 amide bonds. The van der Waals surface area contributed by atoms with E-state index >= 15 is 0 Å². The highest BCUT2D eigenvalue weighted by Gasteiger charge is 2.24. The summed E-state index contributed by atoms with van der Waals surface area (Å²) in [5, 5.41) is 4.21. The van der Waals surface area contributed by atoms with Crippen LogP contribution in [0.1, 0.15) is 17.1 Å². The number of hydrogen-bond donors (Lipinski definition) is 2. The normalized spacial score (nSPS) is 11.9. The average molecular weight is 298 g/mol. The number of aryl methyl sites for hydroxylation is 1. The molecule has 0 aliphatic carbocycles. The Labute approximate surface area is 117 Å². The molecule has 0 aliphatic rings. The molecular weight excluding hydrogens is 280 g/mol. The van der Waals surface area contributed by atoms with E-state index in [9.17, 15) is 8.42 Å². The van der Waals surface area contributed by atoms with Crippen LogP contribution in [0, 0.1) is 13.8 Å². The lowest BCUT2D eigenvalue weighted by Crippen LogP contribution is -2.24. The average Bonchev–Trinajstić information content (AvgIpc) is 2.97. The summed E-state index contributed by atoms with van der Waals surface area (Å²) in [6.07, 6.45) is 1.50. The first-order valence-electron chi connectivity index (χ1n) is 6.22. The van der Waals surface area contributed by atoms with Gasteiger partial charge < -0.3 is 10.2 Å². The van der Waals surface area contributed by atoms with Crippen molar-refractivity contribution in [3.8, 4) is 0 Å². The molecule has 110 valence electrons. The second-order valence-electron chi connectivity index (χ2n) is 4.42. The van der Waals surface area contributed by atoms with E-state index in [0.29, 0.717) is 30.2 Å². The highest BCUT2D eigenvalue weighted by Crippen LogP contribution is 2.19. The summed E-state index contributed by atoms with van der Waals surface area (Å²) in [6, 6.07) is 3.42. The molecule has 0 aromatic carbocycles. The van der Waals surface area contributed by atoms with Crippen molar-refractivity contribution in [3.05, 3.63) is 35.5 Å². The third-order valence-corrected chi connectivity index (χ3v) is 4.59. The third-order valence-electron chi connectivity index (χ3n) is 2.94. The standard InChI is InChI=1S/C12H18N4O3S/c1-9-12(10(2)16(15-9)6-5-13)20(17,18)14-8-11-4-3-7-19-11/h3-4,7,14H,5-6,8,13H2,1-2H3. The van der Waals surface area contributed by atoms with Crippen LogP contribution in [0.15, 0.2) is 27.7 Å². The van der Waals surface area contributed by atoms with Crippen molar-refractivity contribution < 1.29 is 12.8 Å². The minimum Gasteiger partial charge on any atom is -0.468 e. The topological polar surface area (TPSA) is 103 Å². The molecule has 7 nitrogen and oxygen atoms in total. The van der Waals surface area contributed by atoms with Gasteiger partial charge in [-0.3, -0.25) is 4.68 Å². The molecule has 0 bridgehead atoms. The Morgan fingerprint density at radius 3 is 2.80 bits per heavy atom. The largest absolute Gasteiger partial charge is 0.468 e. The molecule has 2 heterocycles. The molecule has 2 aromatic rings. The molecule has 0 saturated carbocycles. The summed E-state index contributed by atoms with van der Waals surface area (Å²) in [5.41, 5.74) is 6.53. The minimum atomic E-state index is -3.63. The summed E-state index contributed by atoms with van der Waals surface area (Å²) >= 11 is 0. The number of aromatic nitrogens is 2. The van der Waals surface area contributed by atoms with Crippen LogP contribution in [-0.4, -0.2) is 24.7 Å². The van der Waals surface area contributed by atoms with Crippen LogP contribution in [0.4, 0.5) is 0 Å². The predicted molar refractivity (Wildman–Crippen MR) is 73.5 cm³/mol. The molecular formula is C12H18N4O3S. The Morgan fingerprint density at radius 2 is 2.20 bits per heavy atom. The van der Waals surface area contributed by atoms with E-state index in [1.165, 1.54) is 6.26 Å². The fourth-order valence-corrected chi connectivity index (χ4v) is 3.46. The van der Waals surface area contributed by atoms with Crippen LogP contribution in [-0.2, 0) is 23.1 Å². The van der Waals surface area contributed by atoms with Crippen LogP contribution in [0.3, 0.4) is 0 Å². The summed E-state index contributed by atoms with van der Waals surface area (Å²) in [4.78, 5) is 0.206. The summed E-state index contributed by atoms with van der Waals surface area (Å²) in [7, 11) is -3.63. The van der Waals surface area contributed by atoms with Crippen molar-refractivity contribution in [1.82, 2.24) is 14.5 Å². The molecule has 2 aromatic heterocycles. The molecule has 8 heteroatoms.